The zero-order chi connectivity index (χ0) is 18.9. The summed E-state index contributed by atoms with van der Waals surface area (Å²) in [5.41, 5.74) is 1.41. The van der Waals surface area contributed by atoms with E-state index < -0.39 is 0 Å². The summed E-state index contributed by atoms with van der Waals surface area (Å²) < 4.78 is 0. The van der Waals surface area contributed by atoms with E-state index in [1.54, 1.807) is 0 Å². The zero-order valence-corrected chi connectivity index (χ0v) is 20.0. The molecule has 3 rings (SSSR count). The molecular formula is C22H38IN5. The van der Waals surface area contributed by atoms with Crippen LogP contribution in [0, 0.1) is 5.92 Å². The first-order valence-corrected chi connectivity index (χ1v) is 10.8. The second-order valence-electron chi connectivity index (χ2n) is 7.84. The molecule has 0 bridgehead atoms. The first kappa shape index (κ1) is 23.4. The Morgan fingerprint density at radius 3 is 2.46 bits per heavy atom. The van der Waals surface area contributed by atoms with Crippen molar-refractivity contribution in [2.75, 3.05) is 58.9 Å². The number of nitrogens with zero attached hydrogens (tertiary/aromatic N) is 4. The van der Waals surface area contributed by atoms with Crippen molar-refractivity contribution in [3.63, 3.8) is 0 Å². The fourth-order valence-corrected chi connectivity index (χ4v) is 4.19. The molecular weight excluding hydrogens is 461 g/mol. The van der Waals surface area contributed by atoms with Gasteiger partial charge in [0.2, 0.25) is 0 Å². The molecule has 1 atom stereocenters. The number of nitrogens with one attached hydrogen (secondary N) is 1. The molecule has 2 fully saturated rings. The van der Waals surface area contributed by atoms with E-state index in [0.29, 0.717) is 5.92 Å². The van der Waals surface area contributed by atoms with E-state index in [9.17, 15) is 0 Å². The summed E-state index contributed by atoms with van der Waals surface area (Å²) in [5.74, 6) is 1.83. The standard InChI is InChI=1S/C22H37N5.HI/c1-3-23-22(24-17-21-11-8-12-25(4-2)19-21)27-15-13-26(14-16-27)18-20-9-6-5-7-10-20;/h5-7,9-10,21H,3-4,8,11-19H2,1-2H3,(H,23,24);1H. The smallest absolute Gasteiger partial charge is 0.194 e. The van der Waals surface area contributed by atoms with Gasteiger partial charge in [0.15, 0.2) is 5.96 Å². The second-order valence-corrected chi connectivity index (χ2v) is 7.84. The van der Waals surface area contributed by atoms with Crippen LogP contribution in [0.4, 0.5) is 0 Å². The number of piperidine rings is 1. The van der Waals surface area contributed by atoms with E-state index in [1.807, 2.05) is 0 Å². The molecule has 1 aromatic carbocycles. The third-order valence-electron chi connectivity index (χ3n) is 5.81. The van der Waals surface area contributed by atoms with Crippen LogP contribution in [0.15, 0.2) is 35.3 Å². The number of hydrogen-bond donors (Lipinski definition) is 1. The van der Waals surface area contributed by atoms with Crippen LogP contribution in [0.25, 0.3) is 0 Å². The summed E-state index contributed by atoms with van der Waals surface area (Å²) in [6, 6.07) is 10.8. The molecule has 0 aromatic heterocycles. The molecule has 1 N–H and O–H groups in total. The highest BCUT2D eigenvalue weighted by molar-refractivity contribution is 14.0. The Kier molecular flexibility index (Phi) is 10.6. The van der Waals surface area contributed by atoms with E-state index >= 15 is 0 Å². The third-order valence-corrected chi connectivity index (χ3v) is 5.81. The average molecular weight is 499 g/mol. The molecule has 5 nitrogen and oxygen atoms in total. The lowest BCUT2D eigenvalue weighted by Crippen LogP contribution is -2.52. The number of guanidine groups is 1. The Bertz CT molecular complexity index is 572. The van der Waals surface area contributed by atoms with Gasteiger partial charge in [-0.05, 0) is 44.3 Å². The molecule has 28 heavy (non-hydrogen) atoms. The molecule has 0 amide bonds. The average Bonchev–Trinajstić information content (AvgIpc) is 2.73. The van der Waals surface area contributed by atoms with Crippen LogP contribution in [0.5, 0.6) is 0 Å². The Morgan fingerprint density at radius 2 is 1.79 bits per heavy atom. The third kappa shape index (κ3) is 7.19. The Morgan fingerprint density at radius 1 is 1.04 bits per heavy atom. The van der Waals surface area contributed by atoms with E-state index in [0.717, 1.165) is 51.8 Å². The van der Waals surface area contributed by atoms with Crippen molar-refractivity contribution < 1.29 is 0 Å². The largest absolute Gasteiger partial charge is 0.357 e. The minimum Gasteiger partial charge on any atom is -0.357 e. The number of hydrogen-bond acceptors (Lipinski definition) is 3. The predicted octanol–water partition coefficient (Wildman–Crippen LogP) is 3.12. The van der Waals surface area contributed by atoms with Crippen molar-refractivity contribution in [3.8, 4) is 0 Å². The van der Waals surface area contributed by atoms with Crippen LogP contribution >= 0.6 is 24.0 Å². The normalized spacial score (nSPS) is 22.0. The topological polar surface area (TPSA) is 34.1 Å². The molecule has 0 saturated carbocycles. The van der Waals surface area contributed by atoms with E-state index in [4.69, 9.17) is 4.99 Å². The highest BCUT2D eigenvalue weighted by Crippen LogP contribution is 2.16. The molecule has 2 aliphatic heterocycles. The molecule has 1 unspecified atom stereocenters. The highest BCUT2D eigenvalue weighted by Gasteiger charge is 2.21. The Labute approximate surface area is 188 Å². The first-order valence-electron chi connectivity index (χ1n) is 10.8. The summed E-state index contributed by atoms with van der Waals surface area (Å²) in [6.45, 7) is 15.4. The van der Waals surface area contributed by atoms with Crippen molar-refractivity contribution in [3.05, 3.63) is 35.9 Å². The number of likely N-dealkylation sites (tertiary alicyclic amines) is 1. The lowest BCUT2D eigenvalue weighted by molar-refractivity contribution is 0.170. The fraction of sp³-hybridized carbons (Fsp3) is 0.682. The van der Waals surface area contributed by atoms with Crippen molar-refractivity contribution in [1.82, 2.24) is 20.0 Å². The van der Waals surface area contributed by atoms with Gasteiger partial charge in [0.05, 0.1) is 0 Å². The van der Waals surface area contributed by atoms with Crippen LogP contribution < -0.4 is 5.32 Å². The van der Waals surface area contributed by atoms with Crippen LogP contribution in [0.1, 0.15) is 32.3 Å². The van der Waals surface area contributed by atoms with Gasteiger partial charge in [-0.15, -0.1) is 24.0 Å². The van der Waals surface area contributed by atoms with E-state index in [-0.39, 0.29) is 24.0 Å². The minimum absolute atomic E-state index is 0. The minimum atomic E-state index is 0. The molecule has 2 saturated heterocycles. The maximum Gasteiger partial charge on any atom is 0.194 e. The van der Waals surface area contributed by atoms with Crippen molar-refractivity contribution in [2.24, 2.45) is 10.9 Å². The van der Waals surface area contributed by atoms with Gasteiger partial charge < -0.3 is 15.1 Å². The summed E-state index contributed by atoms with van der Waals surface area (Å²) >= 11 is 0. The highest BCUT2D eigenvalue weighted by atomic mass is 127. The summed E-state index contributed by atoms with van der Waals surface area (Å²) in [4.78, 5) is 12.6. The SMILES string of the molecule is CCNC(=NCC1CCCN(CC)C1)N1CCN(Cc2ccccc2)CC1.I. The van der Waals surface area contributed by atoms with Crippen molar-refractivity contribution in [1.29, 1.82) is 0 Å². The van der Waals surface area contributed by atoms with Crippen molar-refractivity contribution in [2.45, 2.75) is 33.2 Å². The molecule has 0 radical (unpaired) electrons. The summed E-state index contributed by atoms with van der Waals surface area (Å²) in [5, 5.41) is 3.53. The molecule has 2 heterocycles. The number of piperazine rings is 1. The summed E-state index contributed by atoms with van der Waals surface area (Å²) in [7, 11) is 0. The Hall–Kier alpha value is -0.860. The van der Waals surface area contributed by atoms with Gasteiger partial charge in [-0.2, -0.15) is 0 Å². The van der Waals surface area contributed by atoms with Gasteiger partial charge in [0, 0.05) is 52.4 Å². The van der Waals surface area contributed by atoms with Gasteiger partial charge >= 0.3 is 0 Å². The quantitative estimate of drug-likeness (QED) is 0.371. The van der Waals surface area contributed by atoms with Crippen LogP contribution in [-0.2, 0) is 6.54 Å². The molecule has 0 spiro atoms. The molecule has 1 aromatic rings. The lowest BCUT2D eigenvalue weighted by atomic mass is 9.98. The zero-order valence-electron chi connectivity index (χ0n) is 17.6. The van der Waals surface area contributed by atoms with Gasteiger partial charge in [-0.1, -0.05) is 37.3 Å². The molecule has 2 aliphatic rings. The molecule has 0 aliphatic carbocycles. The van der Waals surface area contributed by atoms with Gasteiger partial charge in [0.1, 0.15) is 0 Å². The van der Waals surface area contributed by atoms with Crippen molar-refractivity contribution >= 4 is 29.9 Å². The molecule has 158 valence electrons. The Balaban J connectivity index is 0.00000280. The van der Waals surface area contributed by atoms with Gasteiger partial charge in [-0.25, -0.2) is 0 Å². The maximum atomic E-state index is 5.02. The van der Waals surface area contributed by atoms with Gasteiger partial charge in [0.25, 0.3) is 0 Å². The number of benzene rings is 1. The van der Waals surface area contributed by atoms with E-state index in [1.165, 1.54) is 38.0 Å². The van der Waals surface area contributed by atoms with Gasteiger partial charge in [-0.3, -0.25) is 9.89 Å². The lowest BCUT2D eigenvalue weighted by Gasteiger charge is -2.37. The molecule has 6 heteroatoms. The van der Waals surface area contributed by atoms with Crippen LogP contribution in [0.3, 0.4) is 0 Å². The fourth-order valence-electron chi connectivity index (χ4n) is 4.19. The number of aliphatic imine (C=N–C) groups is 1. The van der Waals surface area contributed by atoms with E-state index in [2.05, 4.69) is 64.2 Å². The second kappa shape index (κ2) is 12.6. The monoisotopic (exact) mass is 499 g/mol. The predicted molar refractivity (Wildman–Crippen MR) is 130 cm³/mol. The summed E-state index contributed by atoms with van der Waals surface area (Å²) in [6.07, 6.45) is 2.65. The van der Waals surface area contributed by atoms with Crippen LogP contribution in [0.2, 0.25) is 0 Å². The number of halogens is 1. The number of rotatable bonds is 6. The maximum absolute atomic E-state index is 5.02. The first-order chi connectivity index (χ1) is 13.3. The van der Waals surface area contributed by atoms with Crippen LogP contribution in [-0.4, -0.2) is 79.6 Å².